The number of carbonyl (C=O) groups excluding carboxylic acids is 1. The van der Waals surface area contributed by atoms with E-state index >= 15 is 0 Å². The SMILES string of the molecule is Cn1ncc2c1CC/C(=C/C=C/c1ccccc1)C2=O. The summed E-state index contributed by atoms with van der Waals surface area (Å²) >= 11 is 0. The second-order valence-electron chi connectivity index (χ2n) is 4.92. The van der Waals surface area contributed by atoms with E-state index in [9.17, 15) is 4.79 Å². The van der Waals surface area contributed by atoms with Gasteiger partial charge in [0.2, 0.25) is 0 Å². The number of ketones is 1. The molecular weight excluding hydrogens is 248 g/mol. The summed E-state index contributed by atoms with van der Waals surface area (Å²) in [5, 5.41) is 4.16. The molecule has 1 aromatic heterocycles. The molecule has 20 heavy (non-hydrogen) atoms. The Kier molecular flexibility index (Phi) is 3.33. The predicted octanol–water partition coefficient (Wildman–Crippen LogP) is 3.19. The fourth-order valence-corrected chi connectivity index (χ4v) is 2.49. The highest BCUT2D eigenvalue weighted by Crippen LogP contribution is 2.24. The first-order chi connectivity index (χ1) is 9.75. The number of benzene rings is 1. The Balaban J connectivity index is 1.81. The van der Waals surface area contributed by atoms with Gasteiger partial charge in [-0.1, -0.05) is 48.6 Å². The molecular formula is C17H16N2O. The van der Waals surface area contributed by atoms with Crippen LogP contribution in [0.1, 0.15) is 28.0 Å². The van der Waals surface area contributed by atoms with Crippen LogP contribution in [0.4, 0.5) is 0 Å². The highest BCUT2D eigenvalue weighted by Gasteiger charge is 2.24. The van der Waals surface area contributed by atoms with Crippen LogP contribution in [0.15, 0.2) is 54.3 Å². The molecule has 3 heteroatoms. The lowest BCUT2D eigenvalue weighted by Gasteiger charge is -2.13. The van der Waals surface area contributed by atoms with Crippen molar-refractivity contribution in [3.8, 4) is 0 Å². The van der Waals surface area contributed by atoms with E-state index in [4.69, 9.17) is 0 Å². The van der Waals surface area contributed by atoms with Crippen LogP contribution < -0.4 is 0 Å². The molecule has 0 unspecified atom stereocenters. The molecule has 100 valence electrons. The normalized spacial score (nSPS) is 16.9. The lowest BCUT2D eigenvalue weighted by atomic mass is 9.91. The van der Waals surface area contributed by atoms with Gasteiger partial charge in [0.1, 0.15) is 0 Å². The molecule has 0 fully saturated rings. The van der Waals surface area contributed by atoms with Crippen LogP contribution in [0, 0.1) is 0 Å². The molecule has 1 aliphatic carbocycles. The van der Waals surface area contributed by atoms with E-state index in [0.717, 1.165) is 35.2 Å². The quantitative estimate of drug-likeness (QED) is 0.781. The molecule has 1 aromatic carbocycles. The fraction of sp³-hybridized carbons (Fsp3) is 0.176. The molecule has 0 N–H and O–H groups in total. The molecule has 0 atom stereocenters. The van der Waals surface area contributed by atoms with Crippen LogP contribution in [-0.2, 0) is 13.5 Å². The Morgan fingerprint density at radius 1 is 1.20 bits per heavy atom. The van der Waals surface area contributed by atoms with Gasteiger partial charge in [0.25, 0.3) is 0 Å². The summed E-state index contributed by atoms with van der Waals surface area (Å²) in [7, 11) is 1.89. The topological polar surface area (TPSA) is 34.9 Å². The van der Waals surface area contributed by atoms with Crippen molar-refractivity contribution in [3.05, 3.63) is 71.1 Å². The van der Waals surface area contributed by atoms with Crippen LogP contribution in [0.25, 0.3) is 6.08 Å². The maximum Gasteiger partial charge on any atom is 0.192 e. The monoisotopic (exact) mass is 264 g/mol. The second kappa shape index (κ2) is 5.29. The van der Waals surface area contributed by atoms with Gasteiger partial charge in [0.15, 0.2) is 5.78 Å². The number of carbonyl (C=O) groups is 1. The first-order valence-corrected chi connectivity index (χ1v) is 6.73. The van der Waals surface area contributed by atoms with Crippen LogP contribution in [-0.4, -0.2) is 15.6 Å². The fourth-order valence-electron chi connectivity index (χ4n) is 2.49. The summed E-state index contributed by atoms with van der Waals surface area (Å²) in [6.45, 7) is 0. The average molecular weight is 264 g/mol. The largest absolute Gasteiger partial charge is 0.289 e. The Hall–Kier alpha value is -2.42. The molecule has 1 aliphatic rings. The zero-order valence-corrected chi connectivity index (χ0v) is 11.4. The Labute approximate surface area is 118 Å². The van der Waals surface area contributed by atoms with Crippen molar-refractivity contribution in [2.75, 3.05) is 0 Å². The minimum atomic E-state index is 0.108. The zero-order valence-electron chi connectivity index (χ0n) is 11.4. The van der Waals surface area contributed by atoms with Gasteiger partial charge in [-0.25, -0.2) is 0 Å². The third kappa shape index (κ3) is 2.35. The summed E-state index contributed by atoms with van der Waals surface area (Å²) in [4.78, 5) is 12.3. The summed E-state index contributed by atoms with van der Waals surface area (Å²) < 4.78 is 1.80. The summed E-state index contributed by atoms with van der Waals surface area (Å²) in [5.41, 5.74) is 3.78. The summed E-state index contributed by atoms with van der Waals surface area (Å²) in [6, 6.07) is 10.1. The van der Waals surface area contributed by atoms with Crippen molar-refractivity contribution in [1.82, 2.24) is 9.78 Å². The number of Topliss-reactive ketones (excluding diaryl/α,β-unsaturated/α-hetero) is 1. The standard InChI is InChI=1S/C17H16N2O/c1-19-16-11-10-14(17(20)15(16)12-18-19)9-5-8-13-6-3-2-4-7-13/h2-9,12H,10-11H2,1H3/b8-5+,14-9-. The number of fused-ring (bicyclic) bond motifs is 1. The van der Waals surface area contributed by atoms with Gasteiger partial charge in [-0.2, -0.15) is 5.10 Å². The molecule has 3 rings (SSSR count). The number of rotatable bonds is 2. The van der Waals surface area contributed by atoms with Gasteiger partial charge < -0.3 is 0 Å². The van der Waals surface area contributed by atoms with Gasteiger partial charge in [0, 0.05) is 18.3 Å². The van der Waals surface area contributed by atoms with Crippen molar-refractivity contribution in [2.45, 2.75) is 12.8 Å². The molecule has 0 amide bonds. The lowest BCUT2D eigenvalue weighted by molar-refractivity contribution is 0.102. The number of aromatic nitrogens is 2. The molecule has 0 bridgehead atoms. The Bertz CT molecular complexity index is 693. The molecule has 0 saturated heterocycles. The number of hydrogen-bond acceptors (Lipinski definition) is 2. The maximum atomic E-state index is 12.3. The van der Waals surface area contributed by atoms with Gasteiger partial charge in [-0.05, 0) is 18.4 Å². The Morgan fingerprint density at radius 3 is 2.80 bits per heavy atom. The van der Waals surface area contributed by atoms with E-state index in [0.29, 0.717) is 0 Å². The van der Waals surface area contributed by atoms with Crippen LogP contribution >= 0.6 is 0 Å². The second-order valence-corrected chi connectivity index (χ2v) is 4.92. The van der Waals surface area contributed by atoms with Gasteiger partial charge >= 0.3 is 0 Å². The molecule has 0 radical (unpaired) electrons. The third-order valence-electron chi connectivity index (χ3n) is 3.61. The summed E-state index contributed by atoms with van der Waals surface area (Å²) in [5.74, 6) is 0.108. The van der Waals surface area contributed by atoms with E-state index in [2.05, 4.69) is 5.10 Å². The van der Waals surface area contributed by atoms with Crippen LogP contribution in [0.3, 0.4) is 0 Å². The maximum absolute atomic E-state index is 12.3. The van der Waals surface area contributed by atoms with E-state index in [1.54, 1.807) is 10.9 Å². The molecule has 0 saturated carbocycles. The summed E-state index contributed by atoms with van der Waals surface area (Å²) in [6.07, 6.45) is 9.22. The first kappa shape index (κ1) is 12.6. The molecule has 0 spiro atoms. The van der Waals surface area contributed by atoms with Crippen molar-refractivity contribution >= 4 is 11.9 Å². The number of nitrogens with zero attached hydrogens (tertiary/aromatic N) is 2. The van der Waals surface area contributed by atoms with E-state index < -0.39 is 0 Å². The zero-order chi connectivity index (χ0) is 13.9. The molecule has 1 heterocycles. The van der Waals surface area contributed by atoms with Crippen LogP contribution in [0.2, 0.25) is 0 Å². The van der Waals surface area contributed by atoms with Gasteiger partial charge in [-0.3, -0.25) is 9.48 Å². The minimum Gasteiger partial charge on any atom is -0.289 e. The minimum absolute atomic E-state index is 0.108. The lowest BCUT2D eigenvalue weighted by Crippen LogP contribution is -2.14. The Morgan fingerprint density at radius 2 is 2.00 bits per heavy atom. The number of hydrogen-bond donors (Lipinski definition) is 0. The van der Waals surface area contributed by atoms with Crippen molar-refractivity contribution in [2.24, 2.45) is 7.05 Å². The third-order valence-corrected chi connectivity index (χ3v) is 3.61. The predicted molar refractivity (Wildman–Crippen MR) is 79.4 cm³/mol. The molecule has 3 nitrogen and oxygen atoms in total. The first-order valence-electron chi connectivity index (χ1n) is 6.73. The van der Waals surface area contributed by atoms with Crippen molar-refractivity contribution < 1.29 is 4.79 Å². The van der Waals surface area contributed by atoms with E-state index in [1.807, 2.05) is 55.6 Å². The van der Waals surface area contributed by atoms with Crippen molar-refractivity contribution in [3.63, 3.8) is 0 Å². The molecule has 0 aliphatic heterocycles. The average Bonchev–Trinajstić information content (AvgIpc) is 2.85. The van der Waals surface area contributed by atoms with Crippen LogP contribution in [0.5, 0.6) is 0 Å². The van der Waals surface area contributed by atoms with Crippen molar-refractivity contribution in [1.29, 1.82) is 0 Å². The molecule has 2 aromatic rings. The highest BCUT2D eigenvalue weighted by molar-refractivity contribution is 6.10. The van der Waals surface area contributed by atoms with Gasteiger partial charge in [0.05, 0.1) is 11.8 Å². The van der Waals surface area contributed by atoms with Gasteiger partial charge in [-0.15, -0.1) is 0 Å². The van der Waals surface area contributed by atoms with E-state index in [-0.39, 0.29) is 5.78 Å². The smallest absolute Gasteiger partial charge is 0.192 e. The van der Waals surface area contributed by atoms with E-state index in [1.165, 1.54) is 0 Å². The number of allylic oxidation sites excluding steroid dienone is 3. The highest BCUT2D eigenvalue weighted by atomic mass is 16.1. The number of aryl methyl sites for hydroxylation is 1.